The smallest absolute Gasteiger partial charge is 0.241 e. The van der Waals surface area contributed by atoms with Crippen molar-refractivity contribution in [2.75, 3.05) is 17.7 Å². The van der Waals surface area contributed by atoms with Gasteiger partial charge in [0, 0.05) is 11.6 Å². The topological polar surface area (TPSA) is 93.5 Å². The van der Waals surface area contributed by atoms with E-state index in [2.05, 4.69) is 10.6 Å². The number of anilines is 2. The molecule has 6 nitrogen and oxygen atoms in total. The maximum absolute atomic E-state index is 12.5. The summed E-state index contributed by atoms with van der Waals surface area (Å²) in [5.74, 6) is 0.500. The fraction of sp³-hybridized carbons (Fsp3) is 0.600. The van der Waals surface area contributed by atoms with E-state index >= 15 is 0 Å². The fourth-order valence-electron chi connectivity index (χ4n) is 3.22. The van der Waals surface area contributed by atoms with Gasteiger partial charge in [0.05, 0.1) is 18.8 Å². The Morgan fingerprint density at radius 3 is 2.48 bits per heavy atom. The molecule has 1 aromatic carbocycles. The van der Waals surface area contributed by atoms with Crippen LogP contribution in [0, 0.1) is 11.8 Å². The number of nitrogens with two attached hydrogens (primary N) is 1. The summed E-state index contributed by atoms with van der Waals surface area (Å²) < 4.78 is 5.34. The molecule has 152 valence electrons. The number of carbonyl (C=O) groups excluding carboxylic acids is 2. The number of ether oxygens (including phenoxy) is 1. The average Bonchev–Trinajstić information content (AvgIpc) is 2.67. The van der Waals surface area contributed by atoms with Crippen molar-refractivity contribution in [2.24, 2.45) is 17.6 Å². The van der Waals surface area contributed by atoms with Crippen molar-refractivity contribution in [2.45, 2.75) is 58.4 Å². The van der Waals surface area contributed by atoms with Crippen LogP contribution in [0.3, 0.4) is 0 Å². The van der Waals surface area contributed by atoms with Gasteiger partial charge in [-0.25, -0.2) is 0 Å². The summed E-state index contributed by atoms with van der Waals surface area (Å²) in [6.07, 6.45) is 6.07. The van der Waals surface area contributed by atoms with Crippen LogP contribution < -0.4 is 21.1 Å². The first kappa shape index (κ1) is 23.2. The molecule has 0 spiro atoms. The van der Waals surface area contributed by atoms with Crippen molar-refractivity contribution < 1.29 is 14.3 Å². The lowest BCUT2D eigenvalue weighted by atomic mass is 9.88. The number of nitrogens with one attached hydrogen (secondary N) is 2. The molecule has 2 amide bonds. The second-order valence-corrected chi connectivity index (χ2v) is 7.14. The zero-order chi connectivity index (χ0) is 19.1. The number of carbonyl (C=O) groups is 2. The van der Waals surface area contributed by atoms with Gasteiger partial charge in [-0.15, -0.1) is 12.4 Å². The monoisotopic (exact) mass is 397 g/mol. The van der Waals surface area contributed by atoms with Crippen LogP contribution in [0.25, 0.3) is 0 Å². The van der Waals surface area contributed by atoms with Crippen molar-refractivity contribution in [1.82, 2.24) is 0 Å². The molecular weight excluding hydrogens is 366 g/mol. The third-order valence-corrected chi connectivity index (χ3v) is 5.26. The van der Waals surface area contributed by atoms with Crippen LogP contribution in [0.1, 0.15) is 52.4 Å². The van der Waals surface area contributed by atoms with E-state index in [1.165, 1.54) is 6.42 Å². The highest BCUT2D eigenvalue weighted by atomic mass is 35.5. The highest BCUT2D eigenvalue weighted by Crippen LogP contribution is 2.30. The first-order chi connectivity index (χ1) is 12.5. The fourth-order valence-corrected chi connectivity index (χ4v) is 3.22. The lowest BCUT2D eigenvalue weighted by molar-refractivity contribution is -0.120. The molecule has 1 saturated carbocycles. The van der Waals surface area contributed by atoms with Crippen molar-refractivity contribution in [1.29, 1.82) is 0 Å². The Balaban J connectivity index is 0.00000364. The highest BCUT2D eigenvalue weighted by molar-refractivity contribution is 5.98. The van der Waals surface area contributed by atoms with Crippen LogP contribution in [0.2, 0.25) is 0 Å². The summed E-state index contributed by atoms with van der Waals surface area (Å²) >= 11 is 0. The minimum absolute atomic E-state index is 0. The number of amides is 2. The Morgan fingerprint density at radius 1 is 1.22 bits per heavy atom. The molecule has 1 aliphatic rings. The van der Waals surface area contributed by atoms with Gasteiger partial charge in [0.15, 0.2) is 0 Å². The van der Waals surface area contributed by atoms with E-state index in [1.807, 2.05) is 13.8 Å². The molecule has 0 heterocycles. The molecule has 27 heavy (non-hydrogen) atoms. The van der Waals surface area contributed by atoms with Gasteiger partial charge in [0.25, 0.3) is 0 Å². The lowest BCUT2D eigenvalue weighted by Gasteiger charge is -2.22. The zero-order valence-corrected chi connectivity index (χ0v) is 17.2. The number of benzene rings is 1. The van der Waals surface area contributed by atoms with Crippen LogP contribution in [0.4, 0.5) is 11.4 Å². The van der Waals surface area contributed by atoms with Crippen LogP contribution >= 0.6 is 12.4 Å². The van der Waals surface area contributed by atoms with E-state index in [-0.39, 0.29) is 36.1 Å². The molecule has 2 unspecified atom stereocenters. The Hall–Kier alpha value is -1.79. The first-order valence-corrected chi connectivity index (χ1v) is 9.51. The third kappa shape index (κ3) is 6.40. The van der Waals surface area contributed by atoms with Gasteiger partial charge < -0.3 is 21.1 Å². The summed E-state index contributed by atoms with van der Waals surface area (Å²) in [6, 6.07) is 4.64. The van der Waals surface area contributed by atoms with E-state index < -0.39 is 6.04 Å². The Bertz CT molecular complexity index is 633. The molecule has 0 aromatic heterocycles. The van der Waals surface area contributed by atoms with Crippen LogP contribution in [-0.2, 0) is 9.59 Å². The van der Waals surface area contributed by atoms with Gasteiger partial charge in [-0.1, -0.05) is 39.5 Å². The molecule has 0 bridgehead atoms. The molecular formula is C20H32ClN3O3. The minimum atomic E-state index is -0.567. The van der Waals surface area contributed by atoms with Crippen LogP contribution in [0.5, 0.6) is 5.75 Å². The van der Waals surface area contributed by atoms with E-state index in [0.717, 1.165) is 32.1 Å². The number of methoxy groups -OCH3 is 1. The second kappa shape index (κ2) is 11.1. The molecule has 0 saturated heterocycles. The van der Waals surface area contributed by atoms with Gasteiger partial charge in [-0.3, -0.25) is 9.59 Å². The maximum atomic E-state index is 12.5. The van der Waals surface area contributed by atoms with Gasteiger partial charge in [0.1, 0.15) is 5.75 Å². The summed E-state index contributed by atoms with van der Waals surface area (Å²) in [5, 5.41) is 5.79. The predicted molar refractivity (Wildman–Crippen MR) is 112 cm³/mol. The highest BCUT2D eigenvalue weighted by Gasteiger charge is 2.23. The quantitative estimate of drug-likeness (QED) is 0.649. The predicted octanol–water partition coefficient (Wildman–Crippen LogP) is 3.95. The van der Waals surface area contributed by atoms with Crippen molar-refractivity contribution in [3.05, 3.63) is 18.2 Å². The van der Waals surface area contributed by atoms with Crippen molar-refractivity contribution >= 4 is 35.6 Å². The van der Waals surface area contributed by atoms with E-state index in [9.17, 15) is 9.59 Å². The number of rotatable bonds is 7. The lowest BCUT2D eigenvalue weighted by Crippen LogP contribution is -2.40. The second-order valence-electron chi connectivity index (χ2n) is 7.14. The summed E-state index contributed by atoms with van der Waals surface area (Å²) in [6.45, 7) is 3.96. The standard InChI is InChI=1S/C20H31N3O3.ClH/c1-4-13(2)18(21)20(25)22-15-10-11-17(26-3)16(12-15)23-19(24)14-8-6-5-7-9-14;/h10-14,18H,4-9,21H2,1-3H3,(H,22,25)(H,23,24);1H. The number of hydrogen-bond acceptors (Lipinski definition) is 4. The molecule has 2 atom stereocenters. The maximum Gasteiger partial charge on any atom is 0.241 e. The summed E-state index contributed by atoms with van der Waals surface area (Å²) in [7, 11) is 1.56. The number of halogens is 1. The average molecular weight is 398 g/mol. The molecule has 1 aliphatic carbocycles. The molecule has 4 N–H and O–H groups in total. The SMILES string of the molecule is CCC(C)C(N)C(=O)Nc1ccc(OC)c(NC(=O)C2CCCCC2)c1.Cl. The third-order valence-electron chi connectivity index (χ3n) is 5.26. The summed E-state index contributed by atoms with van der Waals surface area (Å²) in [4.78, 5) is 24.8. The van der Waals surface area contributed by atoms with Gasteiger partial charge in [-0.05, 0) is 37.0 Å². The molecule has 1 fully saturated rings. The molecule has 0 radical (unpaired) electrons. The molecule has 0 aliphatic heterocycles. The Kier molecular flexibility index (Phi) is 9.60. The molecule has 2 rings (SSSR count). The Labute approximate surface area is 168 Å². The molecule has 7 heteroatoms. The van der Waals surface area contributed by atoms with Crippen molar-refractivity contribution in [3.8, 4) is 5.75 Å². The van der Waals surface area contributed by atoms with Crippen LogP contribution in [-0.4, -0.2) is 25.0 Å². The van der Waals surface area contributed by atoms with E-state index in [1.54, 1.807) is 25.3 Å². The number of hydrogen-bond donors (Lipinski definition) is 3. The normalized spacial score (nSPS) is 16.6. The summed E-state index contributed by atoms with van der Waals surface area (Å²) in [5.41, 5.74) is 7.14. The first-order valence-electron chi connectivity index (χ1n) is 9.51. The van der Waals surface area contributed by atoms with Crippen LogP contribution in [0.15, 0.2) is 18.2 Å². The molecule has 1 aromatic rings. The minimum Gasteiger partial charge on any atom is -0.495 e. The van der Waals surface area contributed by atoms with E-state index in [4.69, 9.17) is 10.5 Å². The van der Waals surface area contributed by atoms with Gasteiger partial charge >= 0.3 is 0 Å². The largest absolute Gasteiger partial charge is 0.495 e. The van der Waals surface area contributed by atoms with Gasteiger partial charge in [0.2, 0.25) is 11.8 Å². The van der Waals surface area contributed by atoms with Crippen molar-refractivity contribution in [3.63, 3.8) is 0 Å². The van der Waals surface area contributed by atoms with E-state index in [0.29, 0.717) is 17.1 Å². The zero-order valence-electron chi connectivity index (χ0n) is 16.4. The van der Waals surface area contributed by atoms with Gasteiger partial charge in [-0.2, -0.15) is 0 Å². The Morgan fingerprint density at radius 2 is 1.89 bits per heavy atom.